The lowest BCUT2D eigenvalue weighted by molar-refractivity contribution is 1.18. The molecule has 0 aliphatic rings. The Morgan fingerprint density at radius 3 is 0.838 bits per heavy atom. The number of hydrogen-bond donors (Lipinski definition) is 0. The summed E-state index contributed by atoms with van der Waals surface area (Å²) in [4.78, 5) is 0. The smallest absolute Gasteiger partial charge is 0.0547 e. The van der Waals surface area contributed by atoms with Crippen LogP contribution in [-0.4, -0.2) is 9.13 Å². The van der Waals surface area contributed by atoms with Crippen molar-refractivity contribution in [2.45, 2.75) is 0 Å². The third-order valence-electron chi connectivity index (χ3n) is 13.7. The molecule has 0 bridgehead atoms. The van der Waals surface area contributed by atoms with Gasteiger partial charge in [0, 0.05) is 32.9 Å². The van der Waals surface area contributed by atoms with Gasteiger partial charge in [0.25, 0.3) is 0 Å². The highest BCUT2D eigenvalue weighted by Crippen LogP contribution is 2.40. The van der Waals surface area contributed by atoms with Crippen LogP contribution in [0, 0.1) is 0 Å². The Hall–Kier alpha value is -8.98. The molecular weight excluding hydrogens is 821 g/mol. The van der Waals surface area contributed by atoms with Crippen LogP contribution in [0.25, 0.3) is 122 Å². The van der Waals surface area contributed by atoms with E-state index in [-0.39, 0.29) is 0 Å². The number of rotatable bonds is 8. The average molecular weight is 865 g/mol. The van der Waals surface area contributed by atoms with Crippen LogP contribution in [0.4, 0.5) is 0 Å². The van der Waals surface area contributed by atoms with Crippen molar-refractivity contribution in [2.24, 2.45) is 0 Å². The van der Waals surface area contributed by atoms with Crippen molar-refractivity contribution in [3.8, 4) is 78.1 Å². The molecule has 0 unspecified atom stereocenters. The summed E-state index contributed by atoms with van der Waals surface area (Å²) in [6.07, 6.45) is 0. The minimum atomic E-state index is 1.15. The van der Waals surface area contributed by atoms with Crippen LogP contribution in [0.1, 0.15) is 0 Å². The van der Waals surface area contributed by atoms with Crippen LogP contribution in [0.5, 0.6) is 0 Å². The Labute approximate surface area is 395 Å². The fourth-order valence-corrected chi connectivity index (χ4v) is 10.3. The van der Waals surface area contributed by atoms with Crippen LogP contribution >= 0.6 is 0 Å². The molecule has 0 atom stereocenters. The largest absolute Gasteiger partial charge is 0.309 e. The molecule has 2 heterocycles. The van der Waals surface area contributed by atoms with E-state index in [4.69, 9.17) is 0 Å². The lowest BCUT2D eigenvalue weighted by Crippen LogP contribution is -1.93. The number of nitrogens with zero attached hydrogens (tertiary/aromatic N) is 2. The second-order valence-corrected chi connectivity index (χ2v) is 17.7. The summed E-state index contributed by atoms with van der Waals surface area (Å²) in [5.41, 5.74) is 21.5. The van der Waals surface area contributed by atoms with E-state index in [0.29, 0.717) is 0 Å². The van der Waals surface area contributed by atoms with Gasteiger partial charge in [-0.3, -0.25) is 0 Å². The summed E-state index contributed by atoms with van der Waals surface area (Å²) in [5.74, 6) is 0. The molecule has 0 saturated heterocycles. The zero-order valence-electron chi connectivity index (χ0n) is 37.3. The number of para-hydroxylation sites is 2. The van der Waals surface area contributed by atoms with Crippen molar-refractivity contribution in [3.63, 3.8) is 0 Å². The molecule has 13 rings (SSSR count). The maximum atomic E-state index is 2.41. The van der Waals surface area contributed by atoms with E-state index in [1.165, 1.54) is 110 Å². The first-order valence-electron chi connectivity index (χ1n) is 23.4. The fraction of sp³-hybridized carbons (Fsp3) is 0. The van der Waals surface area contributed by atoms with Gasteiger partial charge in [-0.25, -0.2) is 0 Å². The Morgan fingerprint density at radius 2 is 0.441 bits per heavy atom. The third-order valence-corrected chi connectivity index (χ3v) is 13.7. The highest BCUT2D eigenvalue weighted by molar-refractivity contribution is 6.13. The first kappa shape index (κ1) is 39.4. The van der Waals surface area contributed by atoms with Gasteiger partial charge in [0.2, 0.25) is 0 Å². The Kier molecular flexibility index (Phi) is 9.54. The quantitative estimate of drug-likeness (QED) is 0.144. The molecule has 13 aromatic rings. The zero-order chi connectivity index (χ0) is 45.0. The zero-order valence-corrected chi connectivity index (χ0v) is 37.3. The molecule has 0 N–H and O–H groups in total. The van der Waals surface area contributed by atoms with Gasteiger partial charge in [-0.05, 0) is 140 Å². The minimum Gasteiger partial charge on any atom is -0.309 e. The molecule has 0 fully saturated rings. The van der Waals surface area contributed by atoms with Crippen molar-refractivity contribution >= 4 is 43.6 Å². The molecule has 318 valence electrons. The monoisotopic (exact) mass is 864 g/mol. The Bertz CT molecular complexity index is 3710. The summed E-state index contributed by atoms with van der Waals surface area (Å²) in [6, 6.07) is 97.4. The first-order chi connectivity index (χ1) is 33.7. The van der Waals surface area contributed by atoms with E-state index in [1.54, 1.807) is 0 Å². The highest BCUT2D eigenvalue weighted by Gasteiger charge is 2.17. The fourth-order valence-electron chi connectivity index (χ4n) is 10.3. The second kappa shape index (κ2) is 16.5. The lowest BCUT2D eigenvalue weighted by Gasteiger charge is -2.10. The van der Waals surface area contributed by atoms with E-state index in [9.17, 15) is 0 Å². The van der Waals surface area contributed by atoms with Crippen molar-refractivity contribution in [1.29, 1.82) is 0 Å². The number of hydrogen-bond acceptors (Lipinski definition) is 0. The van der Waals surface area contributed by atoms with Crippen LogP contribution < -0.4 is 0 Å². The summed E-state index contributed by atoms with van der Waals surface area (Å²) in [5, 5.41) is 4.95. The summed E-state index contributed by atoms with van der Waals surface area (Å²) in [6.45, 7) is 0. The number of aromatic nitrogens is 2. The molecule has 0 amide bonds. The maximum absolute atomic E-state index is 2.41. The predicted molar refractivity (Wildman–Crippen MR) is 288 cm³/mol. The molecule has 11 aromatic carbocycles. The lowest BCUT2D eigenvalue weighted by atomic mass is 9.97. The van der Waals surface area contributed by atoms with E-state index < -0.39 is 0 Å². The van der Waals surface area contributed by atoms with E-state index in [2.05, 4.69) is 276 Å². The van der Waals surface area contributed by atoms with Crippen LogP contribution in [0.3, 0.4) is 0 Å². The van der Waals surface area contributed by atoms with Crippen LogP contribution in [0.15, 0.2) is 267 Å². The number of benzene rings is 11. The molecular formula is C66H44N2. The van der Waals surface area contributed by atoms with Gasteiger partial charge in [0.1, 0.15) is 0 Å². The Morgan fingerprint density at radius 1 is 0.162 bits per heavy atom. The molecule has 0 radical (unpaired) electrons. The van der Waals surface area contributed by atoms with Crippen molar-refractivity contribution in [1.82, 2.24) is 9.13 Å². The van der Waals surface area contributed by atoms with Crippen LogP contribution in [0.2, 0.25) is 0 Å². The van der Waals surface area contributed by atoms with Crippen LogP contribution in [-0.2, 0) is 0 Å². The molecule has 0 aliphatic heterocycles. The van der Waals surface area contributed by atoms with Gasteiger partial charge < -0.3 is 9.13 Å². The highest BCUT2D eigenvalue weighted by atomic mass is 15.0. The van der Waals surface area contributed by atoms with E-state index in [0.717, 1.165) is 11.4 Å². The summed E-state index contributed by atoms with van der Waals surface area (Å²) < 4.78 is 4.83. The standard InChI is InChI=1S/C66H44N2/c1-5-15-45(16-6-1)49-19-13-21-51(39-49)55-31-35-59-61-41-53(33-37-63(61)67(65(59)43-55)57-23-9-3-10-24-57)47-27-29-48(30-28-47)54-34-38-64-62(42-54)60-36-32-56(44-66(60)68(64)58-25-11-4-12-26-58)52-22-14-20-50(40-52)46-17-7-2-8-18-46/h1-44H. The molecule has 68 heavy (non-hydrogen) atoms. The third kappa shape index (κ3) is 6.90. The first-order valence-corrected chi connectivity index (χ1v) is 23.4. The molecule has 0 spiro atoms. The molecule has 2 nitrogen and oxygen atoms in total. The average Bonchev–Trinajstić information content (AvgIpc) is 3.93. The normalized spacial score (nSPS) is 11.5. The van der Waals surface area contributed by atoms with Crippen molar-refractivity contribution < 1.29 is 0 Å². The van der Waals surface area contributed by atoms with Gasteiger partial charge in [-0.2, -0.15) is 0 Å². The Balaban J connectivity index is 0.869. The van der Waals surface area contributed by atoms with Gasteiger partial charge in [-0.15, -0.1) is 0 Å². The molecule has 2 heteroatoms. The molecule has 0 aliphatic carbocycles. The summed E-state index contributed by atoms with van der Waals surface area (Å²) in [7, 11) is 0. The van der Waals surface area contributed by atoms with Gasteiger partial charge in [0.05, 0.1) is 22.1 Å². The molecule has 2 aromatic heterocycles. The minimum absolute atomic E-state index is 1.15. The van der Waals surface area contributed by atoms with Crippen molar-refractivity contribution in [3.05, 3.63) is 267 Å². The topological polar surface area (TPSA) is 9.86 Å². The van der Waals surface area contributed by atoms with Gasteiger partial charge >= 0.3 is 0 Å². The van der Waals surface area contributed by atoms with E-state index >= 15 is 0 Å². The SMILES string of the molecule is c1ccc(-c2cccc(-c3ccc4c5cc(-c6ccc(-c7ccc8c(c7)c7ccc(-c9cccc(-c%10ccccc%10)c9)cc7n8-c7ccccc7)cc6)ccc5n(-c5ccccc5)c4c3)c2)cc1. The molecule has 0 saturated carbocycles. The van der Waals surface area contributed by atoms with Gasteiger partial charge in [0.15, 0.2) is 0 Å². The maximum Gasteiger partial charge on any atom is 0.0547 e. The second-order valence-electron chi connectivity index (χ2n) is 17.7. The van der Waals surface area contributed by atoms with Crippen molar-refractivity contribution in [2.75, 3.05) is 0 Å². The predicted octanol–water partition coefficient (Wildman–Crippen LogP) is 17.9. The van der Waals surface area contributed by atoms with E-state index in [1.807, 2.05) is 0 Å². The number of fused-ring (bicyclic) bond motifs is 6. The summed E-state index contributed by atoms with van der Waals surface area (Å²) >= 11 is 0. The van der Waals surface area contributed by atoms with Gasteiger partial charge in [-0.1, -0.05) is 194 Å².